The summed E-state index contributed by atoms with van der Waals surface area (Å²) in [5, 5.41) is 29.0. The van der Waals surface area contributed by atoms with Gasteiger partial charge in [-0.15, -0.1) is 0 Å². The molecule has 0 aliphatic carbocycles. The maximum atomic E-state index is 10.9. The molecule has 4 atom stereocenters. The Morgan fingerprint density at radius 1 is 0.975 bits per heavy atom. The van der Waals surface area contributed by atoms with Crippen molar-refractivity contribution in [2.24, 2.45) is 5.73 Å². The second-order valence-corrected chi connectivity index (χ2v) is 9.60. The molecule has 2 aromatic carbocycles. The highest BCUT2D eigenvalue weighted by molar-refractivity contribution is 5.83. The van der Waals surface area contributed by atoms with Crippen molar-refractivity contribution in [3.8, 4) is 0 Å². The Labute approximate surface area is 229 Å². The van der Waals surface area contributed by atoms with Crippen LogP contribution in [-0.2, 0) is 17.7 Å². The summed E-state index contributed by atoms with van der Waals surface area (Å²) in [5.74, 6) is 1.54. The number of hydrogen-bond donors (Lipinski definition) is 4. The SMILES string of the molecule is CCc1nc([C@H]2O[C@@H](n3cnc4c(NCC(c5ccccc5)c5ccccc5)nc(CN)nc43)[C@H](O)[C@@H]2O)no1. The molecule has 0 unspecified atom stereocenters. The monoisotopic (exact) mass is 542 g/mol. The van der Waals surface area contributed by atoms with Crippen molar-refractivity contribution in [2.45, 2.75) is 50.3 Å². The zero-order chi connectivity index (χ0) is 27.6. The summed E-state index contributed by atoms with van der Waals surface area (Å²) < 4.78 is 12.8. The van der Waals surface area contributed by atoms with Crippen molar-refractivity contribution >= 4 is 17.0 Å². The van der Waals surface area contributed by atoms with Crippen molar-refractivity contribution in [1.29, 1.82) is 0 Å². The van der Waals surface area contributed by atoms with Crippen LogP contribution >= 0.6 is 0 Å². The number of aryl methyl sites for hydroxylation is 1. The molecule has 1 fully saturated rings. The van der Waals surface area contributed by atoms with Crippen molar-refractivity contribution in [3.05, 3.63) is 95.7 Å². The number of aromatic nitrogens is 6. The van der Waals surface area contributed by atoms with Gasteiger partial charge in [-0.1, -0.05) is 72.7 Å². The summed E-state index contributed by atoms with van der Waals surface area (Å²) in [7, 11) is 0. The molecule has 12 heteroatoms. The third-order valence-electron chi connectivity index (χ3n) is 7.08. The van der Waals surface area contributed by atoms with Gasteiger partial charge in [0.1, 0.15) is 18.0 Å². The first-order valence-corrected chi connectivity index (χ1v) is 13.2. The van der Waals surface area contributed by atoms with Crippen LogP contribution in [0.1, 0.15) is 53.8 Å². The number of ether oxygens (including phenoxy) is 1. The molecule has 6 rings (SSSR count). The maximum Gasteiger partial charge on any atom is 0.226 e. The number of anilines is 1. The van der Waals surface area contributed by atoms with E-state index in [9.17, 15) is 10.2 Å². The molecule has 3 aromatic heterocycles. The van der Waals surface area contributed by atoms with Crippen LogP contribution in [0.2, 0.25) is 0 Å². The lowest BCUT2D eigenvalue weighted by Gasteiger charge is -2.20. The van der Waals surface area contributed by atoms with Crippen LogP contribution in [0.25, 0.3) is 11.2 Å². The zero-order valence-electron chi connectivity index (χ0n) is 21.8. The molecule has 1 saturated heterocycles. The second-order valence-electron chi connectivity index (χ2n) is 9.60. The van der Waals surface area contributed by atoms with E-state index in [4.69, 9.17) is 15.0 Å². The van der Waals surface area contributed by atoms with Crippen LogP contribution in [0, 0.1) is 0 Å². The molecule has 0 spiro atoms. The van der Waals surface area contributed by atoms with Gasteiger partial charge in [-0.3, -0.25) is 4.57 Å². The minimum Gasteiger partial charge on any atom is -0.387 e. The topological polar surface area (TPSA) is 170 Å². The number of nitrogens with one attached hydrogen (secondary N) is 1. The molecule has 0 bridgehead atoms. The van der Waals surface area contributed by atoms with E-state index in [1.54, 1.807) is 4.57 Å². The molecule has 40 heavy (non-hydrogen) atoms. The minimum absolute atomic E-state index is 0.0506. The van der Waals surface area contributed by atoms with Gasteiger partial charge < -0.3 is 30.5 Å². The van der Waals surface area contributed by atoms with Gasteiger partial charge in [0, 0.05) is 18.9 Å². The van der Waals surface area contributed by atoms with E-state index in [0.29, 0.717) is 41.7 Å². The number of nitrogens with two attached hydrogens (primary N) is 1. The fourth-order valence-electron chi connectivity index (χ4n) is 4.99. The quantitative estimate of drug-likeness (QED) is 0.216. The molecule has 0 radical (unpaired) electrons. The van der Waals surface area contributed by atoms with Crippen LogP contribution in [0.5, 0.6) is 0 Å². The predicted octanol–water partition coefficient (Wildman–Crippen LogP) is 2.47. The molecule has 0 saturated carbocycles. The highest BCUT2D eigenvalue weighted by atomic mass is 16.6. The number of fused-ring (bicyclic) bond motifs is 1. The number of benzene rings is 2. The number of aliphatic hydroxyl groups is 2. The van der Waals surface area contributed by atoms with Crippen molar-refractivity contribution in [3.63, 3.8) is 0 Å². The van der Waals surface area contributed by atoms with E-state index in [1.165, 1.54) is 6.33 Å². The molecule has 1 aliphatic rings. The normalized spacial score (nSPS) is 20.9. The van der Waals surface area contributed by atoms with Crippen LogP contribution in [0.3, 0.4) is 0 Å². The van der Waals surface area contributed by atoms with Crippen molar-refractivity contribution in [2.75, 3.05) is 11.9 Å². The largest absolute Gasteiger partial charge is 0.387 e. The van der Waals surface area contributed by atoms with E-state index in [1.807, 2.05) is 43.3 Å². The van der Waals surface area contributed by atoms with Crippen LogP contribution in [-0.4, -0.2) is 58.6 Å². The average Bonchev–Trinajstić information content (AvgIpc) is 3.72. The van der Waals surface area contributed by atoms with Gasteiger partial charge in [0.05, 0.1) is 12.9 Å². The Kier molecular flexibility index (Phi) is 7.22. The fraction of sp³-hybridized carbons (Fsp3) is 0.321. The molecule has 5 aromatic rings. The summed E-state index contributed by atoms with van der Waals surface area (Å²) in [5.41, 5.74) is 9.17. The maximum absolute atomic E-state index is 10.9. The molecular formula is C28H30N8O4. The summed E-state index contributed by atoms with van der Waals surface area (Å²) >= 11 is 0. The van der Waals surface area contributed by atoms with Crippen molar-refractivity contribution < 1.29 is 19.5 Å². The molecule has 0 amide bonds. The smallest absolute Gasteiger partial charge is 0.226 e. The van der Waals surface area contributed by atoms with Gasteiger partial charge in [0.2, 0.25) is 11.7 Å². The number of imidazole rings is 1. The molecule has 12 nitrogen and oxygen atoms in total. The number of aliphatic hydroxyl groups excluding tert-OH is 2. The third-order valence-corrected chi connectivity index (χ3v) is 7.08. The van der Waals surface area contributed by atoms with E-state index in [0.717, 1.165) is 11.1 Å². The molecule has 1 aliphatic heterocycles. The lowest BCUT2D eigenvalue weighted by Crippen LogP contribution is -2.29. The van der Waals surface area contributed by atoms with Crippen LogP contribution in [0.15, 0.2) is 71.5 Å². The summed E-state index contributed by atoms with van der Waals surface area (Å²) in [6.45, 7) is 2.51. The Morgan fingerprint density at radius 2 is 1.68 bits per heavy atom. The Balaban J connectivity index is 1.32. The summed E-state index contributed by atoms with van der Waals surface area (Å²) in [6, 6.07) is 20.5. The lowest BCUT2D eigenvalue weighted by molar-refractivity contribution is -0.0388. The number of hydrogen-bond acceptors (Lipinski definition) is 11. The third kappa shape index (κ3) is 4.82. The first kappa shape index (κ1) is 26.0. The van der Waals surface area contributed by atoms with Gasteiger partial charge in [0.25, 0.3) is 0 Å². The highest BCUT2D eigenvalue weighted by Gasteiger charge is 2.47. The molecule has 4 heterocycles. The fourth-order valence-corrected chi connectivity index (χ4v) is 4.99. The highest BCUT2D eigenvalue weighted by Crippen LogP contribution is 2.39. The van der Waals surface area contributed by atoms with Gasteiger partial charge in [-0.25, -0.2) is 15.0 Å². The lowest BCUT2D eigenvalue weighted by atomic mass is 9.91. The first-order valence-electron chi connectivity index (χ1n) is 13.2. The van der Waals surface area contributed by atoms with E-state index >= 15 is 0 Å². The Bertz CT molecular complexity index is 1540. The number of nitrogens with zero attached hydrogens (tertiary/aromatic N) is 6. The van der Waals surface area contributed by atoms with E-state index in [2.05, 4.69) is 54.7 Å². The molecule has 5 N–H and O–H groups in total. The van der Waals surface area contributed by atoms with E-state index < -0.39 is 24.5 Å². The zero-order valence-corrected chi connectivity index (χ0v) is 21.8. The summed E-state index contributed by atoms with van der Waals surface area (Å²) in [6.07, 6.45) is -2.50. The van der Waals surface area contributed by atoms with Gasteiger partial charge in [-0.2, -0.15) is 4.98 Å². The Morgan fingerprint density at radius 3 is 2.30 bits per heavy atom. The van der Waals surface area contributed by atoms with Gasteiger partial charge in [0.15, 0.2) is 29.3 Å². The number of rotatable bonds is 9. The van der Waals surface area contributed by atoms with Crippen molar-refractivity contribution in [1.82, 2.24) is 29.7 Å². The molecule has 206 valence electrons. The summed E-state index contributed by atoms with van der Waals surface area (Å²) in [4.78, 5) is 18.0. The van der Waals surface area contributed by atoms with Crippen LogP contribution < -0.4 is 11.1 Å². The second kappa shape index (κ2) is 11.1. The standard InChI is InChI=1S/C28H30N8O4/c1-2-20-34-26(35-40-20)24-22(37)23(38)28(39-24)36-15-31-21-25(32-19(13-29)33-27(21)36)30-14-18(16-9-5-3-6-10-16)17-11-7-4-8-12-17/h3-12,15,18,22-24,28,37-38H,2,13-14,29H2,1H3,(H,30,32,33)/t22-,23+,24-,28+/m0/s1. The Hall–Kier alpha value is -4.23. The van der Waals surface area contributed by atoms with Gasteiger partial charge >= 0.3 is 0 Å². The van der Waals surface area contributed by atoms with E-state index in [-0.39, 0.29) is 18.3 Å². The van der Waals surface area contributed by atoms with Crippen LogP contribution in [0.4, 0.5) is 5.82 Å². The average molecular weight is 543 g/mol. The van der Waals surface area contributed by atoms with Gasteiger partial charge in [-0.05, 0) is 11.1 Å². The first-order chi connectivity index (χ1) is 19.6. The predicted molar refractivity (Wildman–Crippen MR) is 145 cm³/mol. The minimum atomic E-state index is -1.29. The molecular weight excluding hydrogens is 512 g/mol.